The Bertz CT molecular complexity index is 402. The Balaban J connectivity index is 2.95. The summed E-state index contributed by atoms with van der Waals surface area (Å²) >= 11 is 0. The molecule has 0 aliphatic heterocycles. The van der Waals surface area contributed by atoms with Gasteiger partial charge in [0.2, 0.25) is 0 Å². The van der Waals surface area contributed by atoms with Crippen LogP contribution in [0.25, 0.3) is 0 Å². The number of ether oxygens (including phenoxy) is 1. The lowest BCUT2D eigenvalue weighted by Gasteiger charge is -2.36. The number of hydrogen-bond acceptors (Lipinski definition) is 2. The highest BCUT2D eigenvalue weighted by Gasteiger charge is 2.32. The maximum Gasteiger partial charge on any atom is 0.123 e. The second kappa shape index (κ2) is 7.01. The molecule has 0 aliphatic rings. The molecule has 0 radical (unpaired) electrons. The molecule has 0 aliphatic carbocycles. The predicted molar refractivity (Wildman–Crippen MR) is 78.0 cm³/mol. The minimum absolute atomic E-state index is 0.175. The molecule has 0 bridgehead atoms. The third-order valence-electron chi connectivity index (χ3n) is 4.08. The quantitative estimate of drug-likeness (QED) is 0.816. The van der Waals surface area contributed by atoms with Crippen molar-refractivity contribution in [2.75, 3.05) is 13.7 Å². The van der Waals surface area contributed by atoms with Gasteiger partial charge in [0, 0.05) is 13.2 Å². The Hall–Kier alpha value is -0.930. The Kier molecular flexibility index (Phi) is 5.95. The molecule has 0 saturated heterocycles. The van der Waals surface area contributed by atoms with Gasteiger partial charge in [-0.05, 0) is 56.5 Å². The number of aryl methyl sites for hydroxylation is 1. The van der Waals surface area contributed by atoms with Crippen LogP contribution in [0.2, 0.25) is 0 Å². The molecule has 0 amide bonds. The number of methoxy groups -OCH3 is 1. The zero-order chi connectivity index (χ0) is 14.5. The van der Waals surface area contributed by atoms with Gasteiger partial charge in [-0.2, -0.15) is 0 Å². The molecule has 0 aromatic heterocycles. The monoisotopic (exact) mass is 267 g/mol. The van der Waals surface area contributed by atoms with Crippen molar-refractivity contribution in [3.05, 3.63) is 35.1 Å². The second-order valence-electron chi connectivity index (χ2n) is 5.26. The first-order valence-electron chi connectivity index (χ1n) is 7.00. The zero-order valence-corrected chi connectivity index (χ0v) is 12.7. The fourth-order valence-corrected chi connectivity index (χ4v) is 2.39. The number of likely N-dealkylation sites (N-methyl/N-ethyl adjacent to an activating group) is 1. The first-order valence-corrected chi connectivity index (χ1v) is 7.00. The van der Waals surface area contributed by atoms with Gasteiger partial charge in [-0.25, -0.2) is 4.39 Å². The SMILES string of the molecule is CCNC(Cc1ccc(F)cc1C)C(C)(CC)OC. The smallest absolute Gasteiger partial charge is 0.123 e. The van der Waals surface area contributed by atoms with E-state index in [2.05, 4.69) is 26.1 Å². The van der Waals surface area contributed by atoms with Crippen LogP contribution < -0.4 is 5.32 Å². The molecule has 19 heavy (non-hydrogen) atoms. The fraction of sp³-hybridized carbons (Fsp3) is 0.625. The minimum Gasteiger partial charge on any atom is -0.377 e. The van der Waals surface area contributed by atoms with Gasteiger partial charge in [-0.15, -0.1) is 0 Å². The van der Waals surface area contributed by atoms with Crippen LogP contribution in [0.3, 0.4) is 0 Å². The molecule has 0 heterocycles. The van der Waals surface area contributed by atoms with E-state index in [9.17, 15) is 4.39 Å². The summed E-state index contributed by atoms with van der Waals surface area (Å²) in [7, 11) is 1.76. The lowest BCUT2D eigenvalue weighted by molar-refractivity contribution is -0.0284. The molecule has 1 aromatic rings. The van der Waals surface area contributed by atoms with E-state index in [0.717, 1.165) is 24.9 Å². The van der Waals surface area contributed by atoms with E-state index in [0.29, 0.717) is 0 Å². The van der Waals surface area contributed by atoms with Gasteiger partial charge in [0.05, 0.1) is 5.60 Å². The van der Waals surface area contributed by atoms with Crippen molar-refractivity contribution in [1.29, 1.82) is 0 Å². The van der Waals surface area contributed by atoms with Gasteiger partial charge in [0.15, 0.2) is 0 Å². The molecule has 3 heteroatoms. The van der Waals surface area contributed by atoms with Crippen LogP contribution in [0.1, 0.15) is 38.3 Å². The van der Waals surface area contributed by atoms with E-state index >= 15 is 0 Å². The molecular formula is C16H26FNO. The molecule has 2 atom stereocenters. The van der Waals surface area contributed by atoms with E-state index in [4.69, 9.17) is 4.74 Å². The van der Waals surface area contributed by atoms with E-state index in [1.165, 1.54) is 11.6 Å². The predicted octanol–water partition coefficient (Wildman–Crippen LogP) is 3.47. The second-order valence-corrected chi connectivity index (χ2v) is 5.26. The normalized spacial score (nSPS) is 16.1. The van der Waals surface area contributed by atoms with Gasteiger partial charge < -0.3 is 10.1 Å². The van der Waals surface area contributed by atoms with E-state index in [1.807, 2.05) is 13.0 Å². The van der Waals surface area contributed by atoms with Crippen LogP contribution in [0.15, 0.2) is 18.2 Å². The number of rotatable bonds is 7. The van der Waals surface area contributed by atoms with E-state index in [1.54, 1.807) is 13.2 Å². The summed E-state index contributed by atoms with van der Waals surface area (Å²) in [6, 6.07) is 5.22. The van der Waals surface area contributed by atoms with Crippen molar-refractivity contribution in [3.63, 3.8) is 0 Å². The molecular weight excluding hydrogens is 241 g/mol. The average molecular weight is 267 g/mol. The van der Waals surface area contributed by atoms with E-state index < -0.39 is 0 Å². The van der Waals surface area contributed by atoms with Crippen molar-refractivity contribution < 1.29 is 9.13 Å². The summed E-state index contributed by atoms with van der Waals surface area (Å²) in [6.07, 6.45) is 1.78. The summed E-state index contributed by atoms with van der Waals surface area (Å²) in [5.41, 5.74) is 1.96. The Morgan fingerprint density at radius 3 is 2.53 bits per heavy atom. The first-order chi connectivity index (χ1) is 8.96. The fourth-order valence-electron chi connectivity index (χ4n) is 2.39. The lowest BCUT2D eigenvalue weighted by atomic mass is 9.87. The standard InChI is InChI=1S/C16H26FNO/c1-6-16(4,19-5)15(18-7-2)11-13-8-9-14(17)10-12(13)3/h8-10,15,18H,6-7,11H2,1-5H3. The molecule has 1 N–H and O–H groups in total. The third-order valence-corrected chi connectivity index (χ3v) is 4.08. The van der Waals surface area contributed by atoms with Crippen molar-refractivity contribution in [1.82, 2.24) is 5.32 Å². The summed E-state index contributed by atoms with van der Waals surface area (Å²) in [4.78, 5) is 0. The van der Waals surface area contributed by atoms with Crippen LogP contribution in [-0.4, -0.2) is 25.3 Å². The Morgan fingerprint density at radius 1 is 1.37 bits per heavy atom. The summed E-state index contributed by atoms with van der Waals surface area (Å²) in [5.74, 6) is -0.175. The maximum absolute atomic E-state index is 13.2. The summed E-state index contributed by atoms with van der Waals surface area (Å²) < 4.78 is 18.9. The van der Waals surface area contributed by atoms with Gasteiger partial charge in [-0.1, -0.05) is 19.9 Å². The number of nitrogens with one attached hydrogen (secondary N) is 1. The minimum atomic E-state index is -0.211. The molecule has 1 aromatic carbocycles. The molecule has 108 valence electrons. The number of halogens is 1. The van der Waals surface area contributed by atoms with Crippen LogP contribution in [0.4, 0.5) is 4.39 Å². The molecule has 0 saturated carbocycles. The molecule has 2 nitrogen and oxygen atoms in total. The highest BCUT2D eigenvalue weighted by Crippen LogP contribution is 2.24. The van der Waals surface area contributed by atoms with Crippen molar-refractivity contribution in [2.45, 2.75) is 52.2 Å². The zero-order valence-electron chi connectivity index (χ0n) is 12.7. The van der Waals surface area contributed by atoms with Crippen molar-refractivity contribution >= 4 is 0 Å². The largest absolute Gasteiger partial charge is 0.377 e. The van der Waals surface area contributed by atoms with E-state index in [-0.39, 0.29) is 17.5 Å². The Morgan fingerprint density at radius 2 is 2.05 bits per heavy atom. The highest BCUT2D eigenvalue weighted by atomic mass is 19.1. The highest BCUT2D eigenvalue weighted by molar-refractivity contribution is 5.28. The number of hydrogen-bond donors (Lipinski definition) is 1. The lowest BCUT2D eigenvalue weighted by Crippen LogP contribution is -2.51. The van der Waals surface area contributed by atoms with Crippen molar-refractivity contribution in [2.24, 2.45) is 0 Å². The van der Waals surface area contributed by atoms with Crippen LogP contribution in [0, 0.1) is 12.7 Å². The summed E-state index contributed by atoms with van der Waals surface area (Å²) in [5, 5.41) is 3.50. The molecule has 0 fully saturated rings. The molecule has 2 unspecified atom stereocenters. The van der Waals surface area contributed by atoms with Crippen LogP contribution >= 0.6 is 0 Å². The molecule has 0 spiro atoms. The van der Waals surface area contributed by atoms with Gasteiger partial charge >= 0.3 is 0 Å². The Labute approximate surface area is 116 Å². The first kappa shape index (κ1) is 16.1. The third kappa shape index (κ3) is 4.02. The van der Waals surface area contributed by atoms with Crippen LogP contribution in [-0.2, 0) is 11.2 Å². The average Bonchev–Trinajstić information content (AvgIpc) is 2.40. The summed E-state index contributed by atoms with van der Waals surface area (Å²) in [6.45, 7) is 9.20. The molecule has 1 rings (SSSR count). The van der Waals surface area contributed by atoms with Gasteiger partial charge in [0.25, 0.3) is 0 Å². The van der Waals surface area contributed by atoms with Gasteiger partial charge in [-0.3, -0.25) is 0 Å². The van der Waals surface area contributed by atoms with Gasteiger partial charge in [0.1, 0.15) is 5.82 Å². The van der Waals surface area contributed by atoms with Crippen LogP contribution in [0.5, 0.6) is 0 Å². The topological polar surface area (TPSA) is 21.3 Å². The van der Waals surface area contributed by atoms with Crippen molar-refractivity contribution in [3.8, 4) is 0 Å². The number of benzene rings is 1. The maximum atomic E-state index is 13.2.